The number of non-ortho nitro benzene ring substituents is 1. The van der Waals surface area contributed by atoms with Gasteiger partial charge in [-0.15, -0.1) is 0 Å². The van der Waals surface area contributed by atoms with Crippen LogP contribution in [0, 0.1) is 17.0 Å². The third-order valence-corrected chi connectivity index (χ3v) is 6.90. The lowest BCUT2D eigenvalue weighted by molar-refractivity contribution is -0.384. The van der Waals surface area contributed by atoms with E-state index in [0.29, 0.717) is 43.3 Å². The van der Waals surface area contributed by atoms with Crippen molar-refractivity contribution in [3.05, 3.63) is 68.7 Å². The molecule has 1 heterocycles. The van der Waals surface area contributed by atoms with Gasteiger partial charge in [-0.2, -0.15) is 4.31 Å². The first-order valence-corrected chi connectivity index (χ1v) is 10.3. The molecule has 0 amide bonds. The Hall–Kier alpha value is -2.00. The Kier molecular flexibility index (Phi) is 5.81. The number of nitro benzene ring substituents is 1. The first-order valence-electron chi connectivity index (χ1n) is 8.49. The van der Waals surface area contributed by atoms with Crippen molar-refractivity contribution in [2.75, 3.05) is 26.2 Å². The molecule has 2 aromatic carbocycles. The fraction of sp³-hybridized carbons (Fsp3) is 0.333. The average Bonchev–Trinajstić information content (AvgIpc) is 2.64. The maximum atomic E-state index is 12.9. The van der Waals surface area contributed by atoms with Crippen molar-refractivity contribution < 1.29 is 13.3 Å². The van der Waals surface area contributed by atoms with Crippen LogP contribution in [-0.2, 0) is 16.6 Å². The summed E-state index contributed by atoms with van der Waals surface area (Å²) in [7, 11) is -3.60. The Bertz CT molecular complexity index is 957. The lowest BCUT2D eigenvalue weighted by atomic mass is 10.2. The topological polar surface area (TPSA) is 83.8 Å². The molecule has 0 unspecified atom stereocenters. The molecule has 7 nitrogen and oxygen atoms in total. The van der Waals surface area contributed by atoms with Gasteiger partial charge in [0, 0.05) is 49.9 Å². The lowest BCUT2D eigenvalue weighted by Gasteiger charge is -2.34. The van der Waals surface area contributed by atoms with Gasteiger partial charge in [-0.05, 0) is 30.2 Å². The van der Waals surface area contributed by atoms with Crippen molar-refractivity contribution in [3.63, 3.8) is 0 Å². The van der Waals surface area contributed by atoms with Crippen molar-refractivity contribution in [3.8, 4) is 0 Å². The molecule has 1 aliphatic rings. The van der Waals surface area contributed by atoms with Gasteiger partial charge in [0.05, 0.1) is 9.82 Å². The molecule has 9 heteroatoms. The first kappa shape index (κ1) is 19.8. The van der Waals surface area contributed by atoms with Crippen molar-refractivity contribution in [2.45, 2.75) is 18.4 Å². The van der Waals surface area contributed by atoms with Crippen LogP contribution in [0.5, 0.6) is 0 Å². The van der Waals surface area contributed by atoms with Crippen LogP contribution in [0.2, 0.25) is 5.02 Å². The van der Waals surface area contributed by atoms with Gasteiger partial charge >= 0.3 is 0 Å². The van der Waals surface area contributed by atoms with Crippen molar-refractivity contribution in [1.29, 1.82) is 0 Å². The standard InChI is InChI=1S/C18H20ClN3O4S/c1-14-5-6-16(19)12-18(14)27(25,26)21-9-7-20(8-10-21)13-15-3-2-4-17(11-15)22(23)24/h2-6,11-12H,7-10,13H2,1H3. The molecule has 27 heavy (non-hydrogen) atoms. The molecule has 0 spiro atoms. The van der Waals surface area contributed by atoms with Gasteiger partial charge in [0.15, 0.2) is 0 Å². The van der Waals surface area contributed by atoms with Crippen LogP contribution >= 0.6 is 11.6 Å². The largest absolute Gasteiger partial charge is 0.296 e. The number of sulfonamides is 1. The Balaban J connectivity index is 1.67. The normalized spacial score (nSPS) is 16.4. The van der Waals surface area contributed by atoms with Crippen molar-refractivity contribution in [1.82, 2.24) is 9.21 Å². The van der Waals surface area contributed by atoms with Crippen LogP contribution in [0.15, 0.2) is 47.4 Å². The van der Waals surface area contributed by atoms with Crippen LogP contribution in [-0.4, -0.2) is 48.7 Å². The van der Waals surface area contributed by atoms with E-state index in [1.54, 1.807) is 31.2 Å². The minimum Gasteiger partial charge on any atom is -0.296 e. The molecule has 144 valence electrons. The summed E-state index contributed by atoms with van der Waals surface area (Å²) in [5, 5.41) is 11.3. The summed E-state index contributed by atoms with van der Waals surface area (Å²) >= 11 is 5.97. The van der Waals surface area contributed by atoms with Crippen LogP contribution in [0.1, 0.15) is 11.1 Å². The van der Waals surface area contributed by atoms with E-state index in [0.717, 1.165) is 5.56 Å². The van der Waals surface area contributed by atoms with E-state index in [2.05, 4.69) is 4.90 Å². The number of nitro groups is 1. The zero-order chi connectivity index (χ0) is 19.6. The Morgan fingerprint density at radius 3 is 2.48 bits per heavy atom. The number of benzene rings is 2. The van der Waals surface area contributed by atoms with Crippen LogP contribution in [0.4, 0.5) is 5.69 Å². The van der Waals surface area contributed by atoms with E-state index in [-0.39, 0.29) is 10.6 Å². The van der Waals surface area contributed by atoms with Crippen LogP contribution in [0.3, 0.4) is 0 Å². The van der Waals surface area contributed by atoms with Gasteiger partial charge in [0.2, 0.25) is 10.0 Å². The first-order chi connectivity index (χ1) is 12.8. The fourth-order valence-electron chi connectivity index (χ4n) is 3.15. The number of hydrogen-bond donors (Lipinski definition) is 0. The molecule has 0 aliphatic carbocycles. The van der Waals surface area contributed by atoms with E-state index in [4.69, 9.17) is 11.6 Å². The molecule has 0 saturated carbocycles. The monoisotopic (exact) mass is 409 g/mol. The number of rotatable bonds is 5. The number of nitrogens with zero attached hydrogens (tertiary/aromatic N) is 3. The highest BCUT2D eigenvalue weighted by molar-refractivity contribution is 7.89. The summed E-state index contributed by atoms with van der Waals surface area (Å²) in [6.45, 7) is 4.14. The molecule has 1 aliphatic heterocycles. The lowest BCUT2D eigenvalue weighted by Crippen LogP contribution is -2.48. The molecule has 1 fully saturated rings. The molecular formula is C18H20ClN3O4S. The van der Waals surface area contributed by atoms with Crippen molar-refractivity contribution in [2.24, 2.45) is 0 Å². The third kappa shape index (κ3) is 4.47. The molecule has 1 saturated heterocycles. The molecular weight excluding hydrogens is 390 g/mol. The summed E-state index contributed by atoms with van der Waals surface area (Å²) in [4.78, 5) is 12.8. The maximum Gasteiger partial charge on any atom is 0.269 e. The zero-order valence-electron chi connectivity index (χ0n) is 14.8. The summed E-state index contributed by atoms with van der Waals surface area (Å²) in [5.74, 6) is 0. The summed E-state index contributed by atoms with van der Waals surface area (Å²) < 4.78 is 27.3. The van der Waals surface area contributed by atoms with Crippen LogP contribution in [0.25, 0.3) is 0 Å². The highest BCUT2D eigenvalue weighted by Crippen LogP contribution is 2.25. The van der Waals surface area contributed by atoms with Gasteiger partial charge in [0.25, 0.3) is 5.69 Å². The fourth-order valence-corrected chi connectivity index (χ4v) is 5.06. The van der Waals surface area contributed by atoms with E-state index in [1.807, 2.05) is 6.07 Å². The Labute approximate surface area is 163 Å². The number of piperazine rings is 1. The van der Waals surface area contributed by atoms with Gasteiger partial charge in [-0.1, -0.05) is 29.8 Å². The van der Waals surface area contributed by atoms with Gasteiger partial charge in [0.1, 0.15) is 0 Å². The average molecular weight is 410 g/mol. The zero-order valence-corrected chi connectivity index (χ0v) is 16.4. The molecule has 0 bridgehead atoms. The van der Waals surface area contributed by atoms with Gasteiger partial charge < -0.3 is 0 Å². The maximum absolute atomic E-state index is 12.9. The van der Waals surface area contributed by atoms with E-state index in [1.165, 1.54) is 16.4 Å². The second kappa shape index (κ2) is 7.93. The van der Waals surface area contributed by atoms with Crippen molar-refractivity contribution >= 4 is 27.3 Å². The Morgan fingerprint density at radius 2 is 1.81 bits per heavy atom. The predicted octanol–water partition coefficient (Wildman–Crippen LogP) is 3.06. The van der Waals surface area contributed by atoms with Gasteiger partial charge in [-0.3, -0.25) is 15.0 Å². The molecule has 0 N–H and O–H groups in total. The number of halogens is 1. The molecule has 0 atom stereocenters. The molecule has 0 radical (unpaired) electrons. The Morgan fingerprint density at radius 1 is 1.11 bits per heavy atom. The predicted molar refractivity (Wildman–Crippen MR) is 103 cm³/mol. The number of aryl methyl sites for hydroxylation is 1. The SMILES string of the molecule is Cc1ccc(Cl)cc1S(=O)(=O)N1CCN(Cc2cccc([N+](=O)[O-])c2)CC1. The second-order valence-corrected chi connectivity index (χ2v) is 8.86. The third-order valence-electron chi connectivity index (χ3n) is 4.63. The van der Waals surface area contributed by atoms with Gasteiger partial charge in [-0.25, -0.2) is 8.42 Å². The quantitative estimate of drug-likeness (QED) is 0.559. The van der Waals surface area contributed by atoms with E-state index in [9.17, 15) is 18.5 Å². The van der Waals surface area contributed by atoms with E-state index < -0.39 is 14.9 Å². The minimum absolute atomic E-state index is 0.0603. The summed E-state index contributed by atoms with van der Waals surface area (Å²) in [6.07, 6.45) is 0. The van der Waals surface area contributed by atoms with E-state index >= 15 is 0 Å². The molecule has 0 aromatic heterocycles. The molecule has 2 aromatic rings. The molecule has 3 rings (SSSR count). The summed E-state index contributed by atoms with van der Waals surface area (Å²) in [6, 6.07) is 11.4. The highest BCUT2D eigenvalue weighted by Gasteiger charge is 2.29. The highest BCUT2D eigenvalue weighted by atomic mass is 35.5. The minimum atomic E-state index is -3.60. The van der Waals surface area contributed by atoms with Crippen LogP contribution < -0.4 is 0 Å². The number of hydrogen-bond acceptors (Lipinski definition) is 5. The smallest absolute Gasteiger partial charge is 0.269 e. The summed E-state index contributed by atoms with van der Waals surface area (Å²) in [5.41, 5.74) is 1.56. The second-order valence-electron chi connectivity index (χ2n) is 6.52.